The van der Waals surface area contributed by atoms with E-state index in [0.717, 1.165) is 29.4 Å². The second-order valence-electron chi connectivity index (χ2n) is 6.67. The van der Waals surface area contributed by atoms with E-state index in [1.807, 2.05) is 30.3 Å². The molecule has 3 aromatic rings. The Morgan fingerprint density at radius 1 is 0.926 bits per heavy atom. The fourth-order valence-corrected chi connectivity index (χ4v) is 3.69. The highest BCUT2D eigenvalue weighted by Gasteiger charge is 2.37. The molecule has 1 atom stereocenters. The molecule has 0 saturated heterocycles. The molecule has 1 aromatic heterocycles. The minimum Gasteiger partial charge on any atom is -0.474 e. The van der Waals surface area contributed by atoms with Gasteiger partial charge in [-0.15, -0.1) is 0 Å². The predicted molar refractivity (Wildman–Crippen MR) is 106 cm³/mol. The van der Waals surface area contributed by atoms with E-state index >= 15 is 0 Å². The highest BCUT2D eigenvalue weighted by Crippen LogP contribution is 2.39. The molecule has 0 N–H and O–H groups in total. The maximum Gasteiger partial charge on any atom is 0.196 e. The number of rotatable bonds is 4. The van der Waals surface area contributed by atoms with Crippen LogP contribution in [-0.4, -0.2) is 22.3 Å². The number of hydrogen-bond acceptors (Lipinski definition) is 4. The molecule has 2 aliphatic rings. The number of amidine groups is 1. The van der Waals surface area contributed by atoms with Gasteiger partial charge in [-0.2, -0.15) is 0 Å². The van der Waals surface area contributed by atoms with Crippen molar-refractivity contribution in [2.75, 3.05) is 6.54 Å². The van der Waals surface area contributed by atoms with Crippen LogP contribution in [0.1, 0.15) is 28.3 Å². The molecule has 4 nitrogen and oxygen atoms in total. The zero-order valence-corrected chi connectivity index (χ0v) is 14.8. The van der Waals surface area contributed by atoms with Crippen LogP contribution in [0.15, 0.2) is 90.0 Å². The normalized spacial score (nSPS) is 17.6. The van der Waals surface area contributed by atoms with Gasteiger partial charge in [-0.1, -0.05) is 54.6 Å². The third-order valence-electron chi connectivity index (χ3n) is 4.99. The minimum absolute atomic E-state index is 0.175. The van der Waals surface area contributed by atoms with Crippen LogP contribution >= 0.6 is 0 Å². The van der Waals surface area contributed by atoms with Crippen LogP contribution in [0.5, 0.6) is 0 Å². The topological polar surface area (TPSA) is 37.7 Å². The summed E-state index contributed by atoms with van der Waals surface area (Å²) < 4.78 is 6.27. The van der Waals surface area contributed by atoms with Crippen LogP contribution in [0.3, 0.4) is 0 Å². The van der Waals surface area contributed by atoms with E-state index in [4.69, 9.17) is 9.73 Å². The molecule has 132 valence electrons. The van der Waals surface area contributed by atoms with Crippen molar-refractivity contribution >= 4 is 11.9 Å². The number of ether oxygens (including phenoxy) is 1. The first-order valence-electron chi connectivity index (χ1n) is 9.11. The lowest BCUT2D eigenvalue weighted by Gasteiger charge is -2.34. The van der Waals surface area contributed by atoms with Crippen molar-refractivity contribution < 1.29 is 4.74 Å². The van der Waals surface area contributed by atoms with Gasteiger partial charge in [0.2, 0.25) is 0 Å². The van der Waals surface area contributed by atoms with Gasteiger partial charge in [0, 0.05) is 24.0 Å². The number of aliphatic imine (C=N–C) groups is 1. The molecule has 0 spiro atoms. The average Bonchev–Trinajstić information content (AvgIpc) is 3.19. The second-order valence-corrected chi connectivity index (χ2v) is 6.67. The van der Waals surface area contributed by atoms with Crippen molar-refractivity contribution in [3.63, 3.8) is 0 Å². The van der Waals surface area contributed by atoms with Gasteiger partial charge in [0.1, 0.15) is 12.4 Å². The standard InChI is InChI=1S/C23H19N3O/c1-2-6-18(7-3-1)23-25-15-21-20-9-5-4-8-19(20)14-22(26(21)23)27-16-17-10-12-24-13-11-17/h1-14,21H,15-16H2. The van der Waals surface area contributed by atoms with Crippen molar-refractivity contribution in [3.05, 3.63) is 107 Å². The Kier molecular flexibility index (Phi) is 3.94. The Labute approximate surface area is 158 Å². The number of pyridine rings is 1. The van der Waals surface area contributed by atoms with E-state index in [1.165, 1.54) is 11.1 Å². The molecule has 0 amide bonds. The van der Waals surface area contributed by atoms with E-state index in [2.05, 4.69) is 52.4 Å². The molecule has 5 rings (SSSR count). The van der Waals surface area contributed by atoms with Crippen molar-refractivity contribution in [2.24, 2.45) is 4.99 Å². The third-order valence-corrected chi connectivity index (χ3v) is 4.99. The lowest BCUT2D eigenvalue weighted by molar-refractivity contribution is 0.125. The van der Waals surface area contributed by atoms with Gasteiger partial charge in [-0.25, -0.2) is 0 Å². The fraction of sp³-hybridized carbons (Fsp3) is 0.130. The number of benzene rings is 2. The average molecular weight is 353 g/mol. The molecule has 0 radical (unpaired) electrons. The first-order valence-corrected chi connectivity index (χ1v) is 9.11. The van der Waals surface area contributed by atoms with Crippen molar-refractivity contribution in [3.8, 4) is 0 Å². The Bertz CT molecular complexity index is 1010. The second kappa shape index (κ2) is 6.72. The molecule has 27 heavy (non-hydrogen) atoms. The van der Waals surface area contributed by atoms with E-state index in [-0.39, 0.29) is 6.04 Å². The van der Waals surface area contributed by atoms with Crippen LogP contribution in [0.2, 0.25) is 0 Å². The van der Waals surface area contributed by atoms with Gasteiger partial charge in [0.15, 0.2) is 5.88 Å². The van der Waals surface area contributed by atoms with E-state index < -0.39 is 0 Å². The first-order chi connectivity index (χ1) is 13.4. The Balaban J connectivity index is 1.52. The summed E-state index contributed by atoms with van der Waals surface area (Å²) in [4.78, 5) is 11.2. The van der Waals surface area contributed by atoms with Gasteiger partial charge in [0.05, 0.1) is 12.6 Å². The summed E-state index contributed by atoms with van der Waals surface area (Å²) in [6, 6.07) is 22.9. The summed E-state index contributed by atoms with van der Waals surface area (Å²) in [6.07, 6.45) is 5.70. The van der Waals surface area contributed by atoms with Gasteiger partial charge in [-0.05, 0) is 28.8 Å². The van der Waals surface area contributed by atoms with Crippen LogP contribution < -0.4 is 0 Å². The summed E-state index contributed by atoms with van der Waals surface area (Å²) in [5.41, 5.74) is 4.70. The molecular formula is C23H19N3O. The lowest BCUT2D eigenvalue weighted by atomic mass is 9.96. The SMILES string of the molecule is C1=C(OCc2ccncc2)N2C(c3ccccc3)=NCC2c2ccccc21. The van der Waals surface area contributed by atoms with Crippen LogP contribution in [0.4, 0.5) is 0 Å². The van der Waals surface area contributed by atoms with Gasteiger partial charge < -0.3 is 4.74 Å². The Morgan fingerprint density at radius 2 is 1.70 bits per heavy atom. The monoisotopic (exact) mass is 353 g/mol. The highest BCUT2D eigenvalue weighted by molar-refractivity contribution is 6.02. The van der Waals surface area contributed by atoms with Crippen LogP contribution in [0.25, 0.3) is 6.08 Å². The fourth-order valence-electron chi connectivity index (χ4n) is 3.69. The maximum atomic E-state index is 6.27. The number of fused-ring (bicyclic) bond motifs is 3. The van der Waals surface area contributed by atoms with Crippen LogP contribution in [-0.2, 0) is 11.3 Å². The summed E-state index contributed by atoms with van der Waals surface area (Å²) in [7, 11) is 0. The maximum absolute atomic E-state index is 6.27. The molecule has 4 heteroatoms. The number of aromatic nitrogens is 1. The number of nitrogens with zero attached hydrogens (tertiary/aromatic N) is 3. The smallest absolute Gasteiger partial charge is 0.196 e. The quantitative estimate of drug-likeness (QED) is 0.697. The zero-order valence-electron chi connectivity index (χ0n) is 14.8. The molecule has 0 fully saturated rings. The molecule has 0 saturated carbocycles. The first kappa shape index (κ1) is 15.8. The summed E-state index contributed by atoms with van der Waals surface area (Å²) in [6.45, 7) is 1.24. The van der Waals surface area contributed by atoms with E-state index in [0.29, 0.717) is 6.61 Å². The number of hydrogen-bond donors (Lipinski definition) is 0. The molecule has 3 heterocycles. The summed E-state index contributed by atoms with van der Waals surface area (Å²) >= 11 is 0. The summed E-state index contributed by atoms with van der Waals surface area (Å²) in [5, 5.41) is 0. The van der Waals surface area contributed by atoms with Gasteiger partial charge in [0.25, 0.3) is 0 Å². The largest absolute Gasteiger partial charge is 0.474 e. The molecule has 0 bridgehead atoms. The molecular weight excluding hydrogens is 334 g/mol. The Hall–Kier alpha value is -3.40. The van der Waals surface area contributed by atoms with Crippen LogP contribution in [0, 0.1) is 0 Å². The predicted octanol–water partition coefficient (Wildman–Crippen LogP) is 4.41. The Morgan fingerprint density at radius 3 is 2.56 bits per heavy atom. The highest BCUT2D eigenvalue weighted by atomic mass is 16.5. The molecule has 2 aromatic carbocycles. The van der Waals surface area contributed by atoms with E-state index in [1.54, 1.807) is 12.4 Å². The lowest BCUT2D eigenvalue weighted by Crippen LogP contribution is -2.34. The minimum atomic E-state index is 0.175. The molecule has 0 aliphatic carbocycles. The van der Waals surface area contributed by atoms with Crippen molar-refractivity contribution in [1.29, 1.82) is 0 Å². The third kappa shape index (κ3) is 2.89. The molecule has 2 aliphatic heterocycles. The van der Waals surface area contributed by atoms with E-state index in [9.17, 15) is 0 Å². The van der Waals surface area contributed by atoms with Crippen molar-refractivity contribution in [1.82, 2.24) is 9.88 Å². The molecule has 1 unspecified atom stereocenters. The zero-order chi connectivity index (χ0) is 18.1. The summed E-state index contributed by atoms with van der Waals surface area (Å²) in [5.74, 6) is 1.81. The van der Waals surface area contributed by atoms with Crippen molar-refractivity contribution in [2.45, 2.75) is 12.6 Å². The van der Waals surface area contributed by atoms with Gasteiger partial charge >= 0.3 is 0 Å². The van der Waals surface area contributed by atoms with Gasteiger partial charge in [-0.3, -0.25) is 14.9 Å².